The number of unbranched alkanes of at least 4 members (excludes halogenated alkanes) is 4. The molecule has 0 unspecified atom stereocenters. The average molecular weight is 364 g/mol. The number of hydrogen-bond donors (Lipinski definition) is 0. The summed E-state index contributed by atoms with van der Waals surface area (Å²) >= 11 is 0. The highest BCUT2D eigenvalue weighted by atomic mass is 16.5. The molecule has 0 amide bonds. The molecule has 0 radical (unpaired) electrons. The molecule has 0 bridgehead atoms. The fourth-order valence-electron chi connectivity index (χ4n) is 2.56. The molecule has 2 aromatic rings. The van der Waals surface area contributed by atoms with Crippen LogP contribution < -0.4 is 4.74 Å². The maximum absolute atomic E-state index is 11.6. The predicted octanol–water partition coefficient (Wildman–Crippen LogP) is 5.76. The highest BCUT2D eigenvalue weighted by Crippen LogP contribution is 2.15. The Hall–Kier alpha value is -2.73. The SMILES string of the molecule is CCCCCCC#Cc1ccc(COc2ccc(C(=O)OCC)cc2)cc1. The van der Waals surface area contributed by atoms with Crippen LogP contribution in [0.3, 0.4) is 0 Å². The molecule has 0 aliphatic carbocycles. The van der Waals surface area contributed by atoms with Gasteiger partial charge in [-0.3, -0.25) is 0 Å². The molecular weight excluding hydrogens is 336 g/mol. The number of esters is 1. The Bertz CT molecular complexity index is 749. The van der Waals surface area contributed by atoms with Crippen LogP contribution in [0, 0.1) is 11.8 Å². The quantitative estimate of drug-likeness (QED) is 0.322. The molecule has 2 aromatic carbocycles. The van der Waals surface area contributed by atoms with Crippen molar-refractivity contribution < 1.29 is 14.3 Å². The van der Waals surface area contributed by atoms with E-state index < -0.39 is 0 Å². The van der Waals surface area contributed by atoms with E-state index in [0.717, 1.165) is 23.3 Å². The molecular formula is C24H28O3. The van der Waals surface area contributed by atoms with E-state index in [1.807, 2.05) is 24.3 Å². The second kappa shape index (κ2) is 11.8. The first-order valence-corrected chi connectivity index (χ1v) is 9.70. The second-order valence-corrected chi connectivity index (χ2v) is 6.34. The third-order valence-electron chi connectivity index (χ3n) is 4.11. The van der Waals surface area contributed by atoms with Crippen LogP contribution in [0.2, 0.25) is 0 Å². The first kappa shape index (κ1) is 20.6. The summed E-state index contributed by atoms with van der Waals surface area (Å²) in [5, 5.41) is 0. The smallest absolute Gasteiger partial charge is 0.338 e. The fraction of sp³-hybridized carbons (Fsp3) is 0.375. The van der Waals surface area contributed by atoms with E-state index in [2.05, 4.69) is 18.8 Å². The lowest BCUT2D eigenvalue weighted by Crippen LogP contribution is -2.04. The Labute approximate surface area is 162 Å². The van der Waals surface area contributed by atoms with Crippen molar-refractivity contribution in [2.45, 2.75) is 52.6 Å². The van der Waals surface area contributed by atoms with Crippen LogP contribution in [-0.4, -0.2) is 12.6 Å². The van der Waals surface area contributed by atoms with Gasteiger partial charge < -0.3 is 9.47 Å². The molecule has 0 aromatic heterocycles. The minimum absolute atomic E-state index is 0.314. The van der Waals surface area contributed by atoms with Crippen LogP contribution in [0.1, 0.15) is 67.4 Å². The molecule has 0 spiro atoms. The standard InChI is InChI=1S/C24H28O3/c1-3-5-6-7-8-9-10-20-11-13-21(14-12-20)19-27-23-17-15-22(16-18-23)24(25)26-4-2/h11-18H,3-8,19H2,1-2H3. The summed E-state index contributed by atoms with van der Waals surface area (Å²) in [5.41, 5.74) is 2.65. The molecule has 142 valence electrons. The lowest BCUT2D eigenvalue weighted by molar-refractivity contribution is 0.0526. The van der Waals surface area contributed by atoms with Gasteiger partial charge in [-0.05, 0) is 55.3 Å². The molecule has 0 aliphatic rings. The molecule has 0 aliphatic heterocycles. The van der Waals surface area contributed by atoms with Crippen LogP contribution in [-0.2, 0) is 11.3 Å². The summed E-state index contributed by atoms with van der Waals surface area (Å²) in [7, 11) is 0. The second-order valence-electron chi connectivity index (χ2n) is 6.34. The molecule has 0 saturated heterocycles. The molecule has 3 nitrogen and oxygen atoms in total. The van der Waals surface area contributed by atoms with Gasteiger partial charge in [0.15, 0.2) is 0 Å². The van der Waals surface area contributed by atoms with Gasteiger partial charge in [0.2, 0.25) is 0 Å². The van der Waals surface area contributed by atoms with E-state index in [0.29, 0.717) is 18.8 Å². The van der Waals surface area contributed by atoms with Crippen molar-refractivity contribution >= 4 is 5.97 Å². The van der Waals surface area contributed by atoms with E-state index in [1.54, 1.807) is 31.2 Å². The van der Waals surface area contributed by atoms with Crippen LogP contribution in [0.4, 0.5) is 0 Å². The van der Waals surface area contributed by atoms with Gasteiger partial charge in [0, 0.05) is 12.0 Å². The Balaban J connectivity index is 1.79. The molecule has 0 saturated carbocycles. The predicted molar refractivity (Wildman–Crippen MR) is 109 cm³/mol. The summed E-state index contributed by atoms with van der Waals surface area (Å²) in [4.78, 5) is 11.6. The van der Waals surface area contributed by atoms with E-state index in [1.165, 1.54) is 25.7 Å². The van der Waals surface area contributed by atoms with Gasteiger partial charge in [0.1, 0.15) is 12.4 Å². The summed E-state index contributed by atoms with van der Waals surface area (Å²) in [6.45, 7) is 4.86. The van der Waals surface area contributed by atoms with Crippen molar-refractivity contribution in [3.05, 3.63) is 65.2 Å². The van der Waals surface area contributed by atoms with Crippen LogP contribution in [0.15, 0.2) is 48.5 Å². The van der Waals surface area contributed by atoms with Gasteiger partial charge in [-0.1, -0.05) is 50.2 Å². The number of carbonyl (C=O) groups excluding carboxylic acids is 1. The number of hydrogen-bond acceptors (Lipinski definition) is 3. The van der Waals surface area contributed by atoms with Gasteiger partial charge in [0.25, 0.3) is 0 Å². The molecule has 2 rings (SSSR count). The van der Waals surface area contributed by atoms with Crippen LogP contribution in [0.25, 0.3) is 0 Å². The normalized spacial score (nSPS) is 10.0. The molecule has 0 fully saturated rings. The summed E-state index contributed by atoms with van der Waals surface area (Å²) in [5.74, 6) is 6.86. The Morgan fingerprint density at radius 3 is 2.33 bits per heavy atom. The number of rotatable bonds is 9. The first-order chi connectivity index (χ1) is 13.2. The van der Waals surface area contributed by atoms with E-state index in [-0.39, 0.29) is 5.97 Å². The van der Waals surface area contributed by atoms with Crippen molar-refractivity contribution in [2.24, 2.45) is 0 Å². The summed E-state index contributed by atoms with van der Waals surface area (Å²) in [6.07, 6.45) is 5.96. The van der Waals surface area contributed by atoms with E-state index in [9.17, 15) is 4.79 Å². The average Bonchev–Trinajstić information content (AvgIpc) is 2.70. The highest BCUT2D eigenvalue weighted by Gasteiger charge is 2.06. The lowest BCUT2D eigenvalue weighted by Gasteiger charge is -2.07. The zero-order valence-electron chi connectivity index (χ0n) is 16.3. The van der Waals surface area contributed by atoms with Crippen LogP contribution in [0.5, 0.6) is 5.75 Å². The van der Waals surface area contributed by atoms with Gasteiger partial charge in [-0.2, -0.15) is 0 Å². The van der Waals surface area contributed by atoms with E-state index in [4.69, 9.17) is 9.47 Å². The topological polar surface area (TPSA) is 35.5 Å². The van der Waals surface area contributed by atoms with Crippen molar-refractivity contribution in [1.82, 2.24) is 0 Å². The largest absolute Gasteiger partial charge is 0.489 e. The molecule has 0 heterocycles. The lowest BCUT2D eigenvalue weighted by atomic mass is 10.1. The number of ether oxygens (including phenoxy) is 2. The van der Waals surface area contributed by atoms with Gasteiger partial charge >= 0.3 is 5.97 Å². The number of carbonyl (C=O) groups is 1. The maximum atomic E-state index is 11.6. The molecule has 27 heavy (non-hydrogen) atoms. The minimum Gasteiger partial charge on any atom is -0.489 e. The monoisotopic (exact) mass is 364 g/mol. The van der Waals surface area contributed by atoms with Gasteiger partial charge in [-0.15, -0.1) is 0 Å². The summed E-state index contributed by atoms with van der Waals surface area (Å²) < 4.78 is 10.7. The van der Waals surface area contributed by atoms with Crippen molar-refractivity contribution in [3.63, 3.8) is 0 Å². The first-order valence-electron chi connectivity index (χ1n) is 9.70. The summed E-state index contributed by atoms with van der Waals surface area (Å²) in [6, 6.07) is 15.1. The molecule has 0 N–H and O–H groups in total. The van der Waals surface area contributed by atoms with Crippen LogP contribution >= 0.6 is 0 Å². The van der Waals surface area contributed by atoms with Gasteiger partial charge in [0.05, 0.1) is 12.2 Å². The van der Waals surface area contributed by atoms with E-state index >= 15 is 0 Å². The minimum atomic E-state index is -0.314. The Kier molecular flexibility index (Phi) is 9.00. The Morgan fingerprint density at radius 2 is 1.67 bits per heavy atom. The third kappa shape index (κ3) is 7.58. The van der Waals surface area contributed by atoms with Gasteiger partial charge in [-0.25, -0.2) is 4.79 Å². The van der Waals surface area contributed by atoms with Crippen molar-refractivity contribution in [2.75, 3.05) is 6.61 Å². The number of benzene rings is 2. The van der Waals surface area contributed by atoms with Crippen molar-refractivity contribution in [1.29, 1.82) is 0 Å². The maximum Gasteiger partial charge on any atom is 0.338 e. The van der Waals surface area contributed by atoms with Crippen molar-refractivity contribution in [3.8, 4) is 17.6 Å². The molecule has 3 heteroatoms. The third-order valence-corrected chi connectivity index (χ3v) is 4.11. The zero-order valence-corrected chi connectivity index (χ0v) is 16.3. The fourth-order valence-corrected chi connectivity index (χ4v) is 2.56. The molecule has 0 atom stereocenters. The Morgan fingerprint density at radius 1 is 0.926 bits per heavy atom. The zero-order chi connectivity index (χ0) is 19.3. The highest BCUT2D eigenvalue weighted by molar-refractivity contribution is 5.89.